The van der Waals surface area contributed by atoms with Gasteiger partial charge in [0.2, 0.25) is 5.91 Å². The molecule has 2 N–H and O–H groups in total. The molecule has 0 saturated carbocycles. The van der Waals surface area contributed by atoms with Crippen LogP contribution in [0, 0.1) is 11.8 Å². The summed E-state index contributed by atoms with van der Waals surface area (Å²) in [6, 6.07) is 6.30. The molecular weight excluding hydrogens is 336 g/mol. The lowest BCUT2D eigenvalue weighted by Crippen LogP contribution is -2.32. The number of piperidine rings is 1. The first-order valence-electron chi connectivity index (χ1n) is 9.02. The molecule has 3 rings (SSSR count). The Morgan fingerprint density at radius 2 is 2.04 bits per heavy atom. The molecule has 138 valence electrons. The predicted octanol–water partition coefficient (Wildman–Crippen LogP) is 4.00. The molecule has 5 nitrogen and oxygen atoms in total. The van der Waals surface area contributed by atoms with Gasteiger partial charge in [-0.25, -0.2) is 0 Å². The normalized spacial score (nSPS) is 16.6. The van der Waals surface area contributed by atoms with Gasteiger partial charge in [0.1, 0.15) is 0 Å². The molecule has 25 heavy (non-hydrogen) atoms. The highest BCUT2D eigenvalue weighted by molar-refractivity contribution is 5.93. The smallest absolute Gasteiger partial charge is 0.224 e. The van der Waals surface area contributed by atoms with E-state index in [1.54, 1.807) is 0 Å². The number of hydrogen-bond donors (Lipinski definition) is 2. The molecule has 6 heteroatoms. The minimum atomic E-state index is 0. The van der Waals surface area contributed by atoms with Gasteiger partial charge < -0.3 is 10.6 Å². The SMILES string of the molecule is CC(CC(=O)Nc1ccc2cnn(C(C)C)c2c1)C1CCNCC1.Cl. The van der Waals surface area contributed by atoms with Gasteiger partial charge in [-0.2, -0.15) is 5.10 Å². The predicted molar refractivity (Wildman–Crippen MR) is 105 cm³/mol. The number of nitrogens with zero attached hydrogens (tertiary/aromatic N) is 2. The van der Waals surface area contributed by atoms with E-state index in [2.05, 4.69) is 36.5 Å². The first-order valence-corrected chi connectivity index (χ1v) is 9.02. The van der Waals surface area contributed by atoms with Crippen molar-refractivity contribution < 1.29 is 4.79 Å². The Labute approximate surface area is 156 Å². The van der Waals surface area contributed by atoms with Crippen LogP contribution in [0.5, 0.6) is 0 Å². The van der Waals surface area contributed by atoms with Crippen LogP contribution in [0.15, 0.2) is 24.4 Å². The third-order valence-electron chi connectivity index (χ3n) is 5.07. The number of benzene rings is 1. The number of halogens is 1. The molecule has 1 atom stereocenters. The van der Waals surface area contributed by atoms with E-state index in [4.69, 9.17) is 0 Å². The van der Waals surface area contributed by atoms with Crippen molar-refractivity contribution in [2.75, 3.05) is 18.4 Å². The lowest BCUT2D eigenvalue weighted by molar-refractivity contribution is -0.117. The molecular formula is C19H29ClN4O. The average molecular weight is 365 g/mol. The summed E-state index contributed by atoms with van der Waals surface area (Å²) >= 11 is 0. The summed E-state index contributed by atoms with van der Waals surface area (Å²) in [6.07, 6.45) is 4.81. The quantitative estimate of drug-likeness (QED) is 0.842. The maximum Gasteiger partial charge on any atom is 0.224 e. The molecule has 2 heterocycles. The summed E-state index contributed by atoms with van der Waals surface area (Å²) in [5.41, 5.74) is 1.92. The Hall–Kier alpha value is -1.59. The van der Waals surface area contributed by atoms with E-state index in [1.165, 1.54) is 12.8 Å². The van der Waals surface area contributed by atoms with Gasteiger partial charge >= 0.3 is 0 Å². The number of rotatable bonds is 5. The van der Waals surface area contributed by atoms with Crippen molar-refractivity contribution in [2.24, 2.45) is 11.8 Å². The zero-order valence-electron chi connectivity index (χ0n) is 15.3. The van der Waals surface area contributed by atoms with Crippen molar-refractivity contribution in [3.8, 4) is 0 Å². The van der Waals surface area contributed by atoms with Crippen molar-refractivity contribution in [1.82, 2.24) is 15.1 Å². The van der Waals surface area contributed by atoms with Crippen LogP contribution in [0.4, 0.5) is 5.69 Å². The topological polar surface area (TPSA) is 59.0 Å². The van der Waals surface area contributed by atoms with Gasteiger partial charge in [0.25, 0.3) is 0 Å². The van der Waals surface area contributed by atoms with Crippen LogP contribution in [0.1, 0.15) is 46.1 Å². The van der Waals surface area contributed by atoms with Gasteiger partial charge in [0.15, 0.2) is 0 Å². The molecule has 0 radical (unpaired) electrons. The number of nitrogens with one attached hydrogen (secondary N) is 2. The molecule has 1 aromatic carbocycles. The minimum Gasteiger partial charge on any atom is -0.326 e. The highest BCUT2D eigenvalue weighted by Crippen LogP contribution is 2.26. The van der Waals surface area contributed by atoms with Crippen LogP contribution in [0.2, 0.25) is 0 Å². The molecule has 1 aliphatic rings. The summed E-state index contributed by atoms with van der Waals surface area (Å²) in [5, 5.41) is 12.0. The molecule has 1 unspecified atom stereocenters. The maximum atomic E-state index is 12.4. The fourth-order valence-electron chi connectivity index (χ4n) is 3.61. The Morgan fingerprint density at radius 1 is 1.32 bits per heavy atom. The zero-order chi connectivity index (χ0) is 17.1. The van der Waals surface area contributed by atoms with Crippen molar-refractivity contribution in [3.63, 3.8) is 0 Å². The van der Waals surface area contributed by atoms with E-state index in [0.717, 1.165) is 29.7 Å². The minimum absolute atomic E-state index is 0. The van der Waals surface area contributed by atoms with E-state index < -0.39 is 0 Å². The van der Waals surface area contributed by atoms with Gasteiger partial charge in [0.05, 0.1) is 11.7 Å². The maximum absolute atomic E-state index is 12.4. The molecule has 1 saturated heterocycles. The van der Waals surface area contributed by atoms with Crippen LogP contribution in [0.25, 0.3) is 10.9 Å². The summed E-state index contributed by atoms with van der Waals surface area (Å²) < 4.78 is 1.99. The average Bonchev–Trinajstić information content (AvgIpc) is 2.99. The fourth-order valence-corrected chi connectivity index (χ4v) is 3.61. The van der Waals surface area contributed by atoms with Gasteiger partial charge in [0, 0.05) is 23.5 Å². The number of carbonyl (C=O) groups excluding carboxylic acids is 1. The van der Waals surface area contributed by atoms with Crippen LogP contribution in [-0.2, 0) is 4.79 Å². The molecule has 1 fully saturated rings. The molecule has 0 bridgehead atoms. The van der Waals surface area contributed by atoms with Crippen molar-refractivity contribution in [2.45, 2.75) is 46.1 Å². The van der Waals surface area contributed by atoms with Crippen LogP contribution in [-0.4, -0.2) is 28.8 Å². The summed E-state index contributed by atoms with van der Waals surface area (Å²) in [7, 11) is 0. The van der Waals surface area contributed by atoms with E-state index in [-0.39, 0.29) is 18.3 Å². The first-order chi connectivity index (χ1) is 11.5. The molecule has 1 aliphatic heterocycles. The Kier molecular flexibility index (Phi) is 6.85. The van der Waals surface area contributed by atoms with Gasteiger partial charge in [-0.15, -0.1) is 12.4 Å². The largest absolute Gasteiger partial charge is 0.326 e. The van der Waals surface area contributed by atoms with Crippen LogP contribution >= 0.6 is 12.4 Å². The Balaban J connectivity index is 0.00000225. The number of amides is 1. The zero-order valence-corrected chi connectivity index (χ0v) is 16.1. The number of fused-ring (bicyclic) bond motifs is 1. The second-order valence-electron chi connectivity index (χ2n) is 7.27. The molecule has 0 aliphatic carbocycles. The first kappa shape index (κ1) is 19.7. The van der Waals surface area contributed by atoms with E-state index in [0.29, 0.717) is 24.3 Å². The van der Waals surface area contributed by atoms with Crippen molar-refractivity contribution in [1.29, 1.82) is 0 Å². The van der Waals surface area contributed by atoms with Crippen molar-refractivity contribution >= 4 is 34.9 Å². The Bertz CT molecular complexity index is 707. The summed E-state index contributed by atoms with van der Waals surface area (Å²) in [6.45, 7) is 8.57. The third-order valence-corrected chi connectivity index (χ3v) is 5.07. The lowest BCUT2D eigenvalue weighted by Gasteiger charge is -2.27. The number of carbonyl (C=O) groups is 1. The van der Waals surface area contributed by atoms with E-state index >= 15 is 0 Å². The second-order valence-corrected chi connectivity index (χ2v) is 7.27. The number of aromatic nitrogens is 2. The highest BCUT2D eigenvalue weighted by Gasteiger charge is 2.22. The number of anilines is 1. The van der Waals surface area contributed by atoms with Gasteiger partial charge in [-0.1, -0.05) is 6.92 Å². The molecule has 1 aromatic heterocycles. The summed E-state index contributed by atoms with van der Waals surface area (Å²) in [4.78, 5) is 12.4. The van der Waals surface area contributed by atoms with Crippen molar-refractivity contribution in [3.05, 3.63) is 24.4 Å². The van der Waals surface area contributed by atoms with E-state index in [1.807, 2.05) is 29.1 Å². The molecule has 2 aromatic rings. The lowest BCUT2D eigenvalue weighted by atomic mass is 9.84. The van der Waals surface area contributed by atoms with Gasteiger partial charge in [-0.05, 0) is 69.8 Å². The second kappa shape index (κ2) is 8.68. The van der Waals surface area contributed by atoms with Gasteiger partial charge in [-0.3, -0.25) is 9.48 Å². The van der Waals surface area contributed by atoms with Crippen LogP contribution < -0.4 is 10.6 Å². The summed E-state index contributed by atoms with van der Waals surface area (Å²) in [5.74, 6) is 1.19. The molecule has 1 amide bonds. The standard InChI is InChI=1S/C19H28N4O.ClH/c1-13(2)23-18-11-17(5-4-16(18)12-21-23)22-19(24)10-14(3)15-6-8-20-9-7-15;/h4-5,11-15,20H,6-10H2,1-3H3,(H,22,24);1H. The fraction of sp³-hybridized carbons (Fsp3) is 0.579. The monoisotopic (exact) mass is 364 g/mol. The molecule has 0 spiro atoms. The number of hydrogen-bond acceptors (Lipinski definition) is 3. The Morgan fingerprint density at radius 3 is 2.72 bits per heavy atom. The van der Waals surface area contributed by atoms with E-state index in [9.17, 15) is 4.79 Å². The third kappa shape index (κ3) is 4.73. The van der Waals surface area contributed by atoms with Crippen LogP contribution in [0.3, 0.4) is 0 Å². The highest BCUT2D eigenvalue weighted by atomic mass is 35.5.